The average Bonchev–Trinajstić information content (AvgIpc) is 2.71. The van der Waals surface area contributed by atoms with Gasteiger partial charge in [-0.1, -0.05) is 20.8 Å². The van der Waals surface area contributed by atoms with Crippen molar-refractivity contribution in [3.8, 4) is 0 Å². The molecule has 0 saturated carbocycles. The van der Waals surface area contributed by atoms with Crippen molar-refractivity contribution in [1.82, 2.24) is 4.98 Å². The van der Waals surface area contributed by atoms with E-state index in [9.17, 15) is 4.79 Å². The van der Waals surface area contributed by atoms with Crippen molar-refractivity contribution in [1.29, 1.82) is 0 Å². The number of rotatable bonds is 1. The highest BCUT2D eigenvalue weighted by atomic mass is 32.2. The summed E-state index contributed by atoms with van der Waals surface area (Å²) < 4.78 is 0. The second kappa shape index (κ2) is 5.08. The van der Waals surface area contributed by atoms with E-state index in [-0.39, 0.29) is 5.41 Å². The van der Waals surface area contributed by atoms with Crippen molar-refractivity contribution in [2.24, 2.45) is 5.41 Å². The molecule has 1 fully saturated rings. The third-order valence-corrected chi connectivity index (χ3v) is 8.15. The molecule has 2 nitrogen and oxygen atoms in total. The van der Waals surface area contributed by atoms with Crippen LogP contribution in [0.3, 0.4) is 0 Å². The van der Waals surface area contributed by atoms with Gasteiger partial charge in [0.25, 0.3) is 0 Å². The van der Waals surface area contributed by atoms with E-state index in [1.165, 1.54) is 16.5 Å². The monoisotopic (exact) mass is 313 g/mol. The van der Waals surface area contributed by atoms with Gasteiger partial charge in [0, 0.05) is 23.2 Å². The molecule has 0 aromatic carbocycles. The first-order valence-corrected chi connectivity index (χ1v) is 9.64. The number of ketones is 1. The number of hydrogen-bond acceptors (Lipinski definition) is 5. The predicted octanol–water partition coefficient (Wildman–Crippen LogP) is 4.21. The quantitative estimate of drug-likeness (QED) is 0.777. The summed E-state index contributed by atoms with van der Waals surface area (Å²) in [7, 11) is 0. The van der Waals surface area contributed by atoms with E-state index in [1.807, 2.05) is 23.5 Å². The lowest BCUT2D eigenvalue weighted by Crippen LogP contribution is -2.26. The highest BCUT2D eigenvalue weighted by Crippen LogP contribution is 2.46. The van der Waals surface area contributed by atoms with Crippen molar-refractivity contribution in [2.75, 3.05) is 11.5 Å². The van der Waals surface area contributed by atoms with E-state index in [0.29, 0.717) is 22.7 Å². The van der Waals surface area contributed by atoms with Gasteiger partial charge < -0.3 is 0 Å². The second-order valence-electron chi connectivity index (χ2n) is 6.14. The molecule has 2 unspecified atom stereocenters. The topological polar surface area (TPSA) is 30.0 Å². The summed E-state index contributed by atoms with van der Waals surface area (Å²) in [5.41, 5.74) is 1.14. The van der Waals surface area contributed by atoms with Crippen molar-refractivity contribution >= 4 is 40.6 Å². The largest absolute Gasteiger partial charge is 0.293 e. The molecule has 1 aliphatic carbocycles. The molecular formula is C14H19NOS3. The summed E-state index contributed by atoms with van der Waals surface area (Å²) in [5.74, 6) is 2.74. The lowest BCUT2D eigenvalue weighted by molar-refractivity contribution is 0.0916. The minimum absolute atomic E-state index is 0.0789. The maximum absolute atomic E-state index is 12.2. The third-order valence-electron chi connectivity index (χ3n) is 3.68. The minimum Gasteiger partial charge on any atom is -0.293 e. The molecule has 2 heterocycles. The Bertz CT molecular complexity index is 509. The molecule has 1 aromatic heterocycles. The van der Waals surface area contributed by atoms with Crippen molar-refractivity contribution in [2.45, 2.75) is 44.1 Å². The molecule has 5 heteroatoms. The standard InChI is InChI=1S/C14H19NOS3/c1-8-11(18-5-4-17-8)13-15-9-6-14(2,3)7-10(16)12(9)19-13/h8,11H,4-7H2,1-3H3. The Morgan fingerprint density at radius 3 is 2.68 bits per heavy atom. The van der Waals surface area contributed by atoms with Crippen LogP contribution in [0.1, 0.15) is 52.8 Å². The molecule has 104 valence electrons. The molecular weight excluding hydrogens is 294 g/mol. The number of carbonyl (C=O) groups excluding carboxylic acids is 1. The number of Topliss-reactive ketones (excluding diaryl/α,β-unsaturated/α-hetero) is 1. The Kier molecular flexibility index (Phi) is 3.73. The SMILES string of the molecule is CC1SCCSC1c1nc2c(s1)C(=O)CC(C)(C)C2. The third kappa shape index (κ3) is 2.74. The predicted molar refractivity (Wildman–Crippen MR) is 85.7 cm³/mol. The van der Waals surface area contributed by atoms with Gasteiger partial charge in [0.1, 0.15) is 5.01 Å². The van der Waals surface area contributed by atoms with Crippen LogP contribution in [0.2, 0.25) is 0 Å². The summed E-state index contributed by atoms with van der Waals surface area (Å²) in [6.07, 6.45) is 1.62. The van der Waals surface area contributed by atoms with Crippen molar-refractivity contribution in [3.05, 3.63) is 15.6 Å². The summed E-state index contributed by atoms with van der Waals surface area (Å²) in [4.78, 5) is 18.0. The molecule has 3 rings (SSSR count). The van der Waals surface area contributed by atoms with E-state index >= 15 is 0 Å². The Labute approximate surface area is 127 Å². The maximum atomic E-state index is 12.2. The first kappa shape index (κ1) is 14.0. The number of carbonyl (C=O) groups is 1. The van der Waals surface area contributed by atoms with Crippen LogP contribution in [0.15, 0.2) is 0 Å². The lowest BCUT2D eigenvalue weighted by Gasteiger charge is -2.27. The molecule has 1 saturated heterocycles. The molecule has 0 spiro atoms. The van der Waals surface area contributed by atoms with E-state index in [0.717, 1.165) is 17.0 Å². The van der Waals surface area contributed by atoms with Crippen molar-refractivity contribution < 1.29 is 4.79 Å². The molecule has 1 aliphatic heterocycles. The average molecular weight is 314 g/mol. The van der Waals surface area contributed by atoms with Gasteiger partial charge >= 0.3 is 0 Å². The van der Waals surface area contributed by atoms with Gasteiger partial charge in [-0.3, -0.25) is 4.79 Å². The van der Waals surface area contributed by atoms with Crippen LogP contribution in [0.4, 0.5) is 0 Å². The van der Waals surface area contributed by atoms with Gasteiger partial charge in [-0.25, -0.2) is 4.98 Å². The molecule has 2 aliphatic rings. The maximum Gasteiger partial charge on any atom is 0.175 e. The minimum atomic E-state index is 0.0789. The van der Waals surface area contributed by atoms with Gasteiger partial charge in [0.2, 0.25) is 0 Å². The zero-order valence-corrected chi connectivity index (χ0v) is 14.0. The van der Waals surface area contributed by atoms with Gasteiger partial charge in [-0.15, -0.1) is 23.1 Å². The molecule has 0 N–H and O–H groups in total. The van der Waals surface area contributed by atoms with Crippen LogP contribution in [-0.4, -0.2) is 27.5 Å². The van der Waals surface area contributed by atoms with Gasteiger partial charge in [0.15, 0.2) is 5.78 Å². The summed E-state index contributed by atoms with van der Waals surface area (Å²) in [6, 6.07) is 0. The lowest BCUT2D eigenvalue weighted by atomic mass is 9.78. The zero-order valence-electron chi connectivity index (χ0n) is 11.6. The summed E-state index contributed by atoms with van der Waals surface area (Å²) >= 11 is 5.69. The van der Waals surface area contributed by atoms with Crippen LogP contribution in [0.5, 0.6) is 0 Å². The first-order chi connectivity index (χ1) is 8.96. The number of thiazole rings is 1. The molecule has 0 radical (unpaired) electrons. The number of nitrogens with zero attached hydrogens (tertiary/aromatic N) is 1. The molecule has 0 amide bonds. The zero-order chi connectivity index (χ0) is 13.6. The Hall–Kier alpha value is -0.0000000000000000555. The molecule has 2 atom stereocenters. The smallest absolute Gasteiger partial charge is 0.175 e. The highest BCUT2D eigenvalue weighted by molar-refractivity contribution is 8.06. The summed E-state index contributed by atoms with van der Waals surface area (Å²) in [6.45, 7) is 6.62. The Morgan fingerprint density at radius 2 is 1.95 bits per heavy atom. The van der Waals surface area contributed by atoms with Gasteiger partial charge in [-0.05, 0) is 11.8 Å². The molecule has 1 aromatic rings. The van der Waals surface area contributed by atoms with Crippen molar-refractivity contribution in [3.63, 3.8) is 0 Å². The van der Waals surface area contributed by atoms with Crippen LogP contribution in [-0.2, 0) is 6.42 Å². The van der Waals surface area contributed by atoms with Crippen LogP contribution >= 0.6 is 34.9 Å². The normalized spacial score (nSPS) is 30.2. The summed E-state index contributed by atoms with van der Waals surface area (Å²) in [5, 5.41) is 2.26. The Morgan fingerprint density at radius 1 is 1.21 bits per heavy atom. The molecule has 0 bridgehead atoms. The second-order valence-corrected chi connectivity index (χ2v) is 9.90. The van der Waals surface area contributed by atoms with Gasteiger partial charge in [0.05, 0.1) is 15.8 Å². The van der Waals surface area contributed by atoms with E-state index in [4.69, 9.17) is 4.98 Å². The molecule has 19 heavy (non-hydrogen) atoms. The van der Waals surface area contributed by atoms with Crippen LogP contribution in [0.25, 0.3) is 0 Å². The van der Waals surface area contributed by atoms with E-state index in [1.54, 1.807) is 11.3 Å². The fourth-order valence-corrected chi connectivity index (χ4v) is 6.94. The van der Waals surface area contributed by atoms with E-state index in [2.05, 4.69) is 20.8 Å². The fourth-order valence-electron chi connectivity index (χ4n) is 2.76. The number of hydrogen-bond donors (Lipinski definition) is 0. The van der Waals surface area contributed by atoms with Crippen LogP contribution < -0.4 is 0 Å². The number of thioether (sulfide) groups is 2. The fraction of sp³-hybridized carbons (Fsp3) is 0.714. The Balaban J connectivity index is 1.92. The highest BCUT2D eigenvalue weighted by Gasteiger charge is 2.36. The number of fused-ring (bicyclic) bond motifs is 1. The van der Waals surface area contributed by atoms with Gasteiger partial charge in [-0.2, -0.15) is 11.8 Å². The first-order valence-electron chi connectivity index (χ1n) is 6.72. The van der Waals surface area contributed by atoms with E-state index < -0.39 is 0 Å². The van der Waals surface area contributed by atoms with Crippen LogP contribution in [0, 0.1) is 5.41 Å². The number of aromatic nitrogens is 1.